The van der Waals surface area contributed by atoms with Gasteiger partial charge in [-0.1, -0.05) is 0 Å². The molecule has 1 saturated heterocycles. The number of pyridine rings is 1. The third kappa shape index (κ3) is 2.73. The summed E-state index contributed by atoms with van der Waals surface area (Å²) in [5, 5.41) is 3.62. The maximum Gasteiger partial charge on any atom is 0.0324 e. The molecule has 3 rings (SSSR count). The van der Waals surface area contributed by atoms with Crippen LogP contribution in [0.15, 0.2) is 24.5 Å². The zero-order valence-electron chi connectivity index (χ0n) is 11.2. The van der Waals surface area contributed by atoms with E-state index in [1.807, 2.05) is 12.4 Å². The normalized spacial score (nSPS) is 25.6. The highest BCUT2D eigenvalue weighted by Gasteiger charge is 2.34. The van der Waals surface area contributed by atoms with Crippen LogP contribution in [0.3, 0.4) is 0 Å². The maximum absolute atomic E-state index is 4.12. The Morgan fingerprint density at radius 3 is 2.72 bits per heavy atom. The summed E-state index contributed by atoms with van der Waals surface area (Å²) in [6, 6.07) is 6.35. The molecular formula is C15H23N3. The second-order valence-corrected chi connectivity index (χ2v) is 5.68. The van der Waals surface area contributed by atoms with Crippen LogP contribution in [0.2, 0.25) is 0 Å². The van der Waals surface area contributed by atoms with Crippen LogP contribution >= 0.6 is 0 Å². The van der Waals surface area contributed by atoms with E-state index in [0.29, 0.717) is 12.1 Å². The molecule has 18 heavy (non-hydrogen) atoms. The van der Waals surface area contributed by atoms with E-state index in [0.717, 1.165) is 6.04 Å². The van der Waals surface area contributed by atoms with Crippen molar-refractivity contribution in [1.82, 2.24) is 15.2 Å². The van der Waals surface area contributed by atoms with Gasteiger partial charge in [-0.2, -0.15) is 0 Å². The largest absolute Gasteiger partial charge is 0.313 e. The van der Waals surface area contributed by atoms with Gasteiger partial charge in [0.05, 0.1) is 0 Å². The lowest BCUT2D eigenvalue weighted by Crippen LogP contribution is -2.40. The molecule has 2 atom stereocenters. The Kier molecular flexibility index (Phi) is 3.62. The smallest absolute Gasteiger partial charge is 0.0324 e. The molecule has 3 nitrogen and oxygen atoms in total. The SMILES string of the molecule is CC(c1ccncc1)N(CC1CCCN1)C1CC1. The fraction of sp³-hybridized carbons (Fsp3) is 0.667. The van der Waals surface area contributed by atoms with Gasteiger partial charge in [0.15, 0.2) is 0 Å². The summed E-state index contributed by atoms with van der Waals surface area (Å²) >= 11 is 0. The van der Waals surface area contributed by atoms with Gasteiger partial charge >= 0.3 is 0 Å². The lowest BCUT2D eigenvalue weighted by atomic mass is 10.1. The van der Waals surface area contributed by atoms with Crippen molar-refractivity contribution in [3.63, 3.8) is 0 Å². The summed E-state index contributed by atoms with van der Waals surface area (Å²) in [5.74, 6) is 0. The van der Waals surface area contributed by atoms with Gasteiger partial charge in [0.25, 0.3) is 0 Å². The maximum atomic E-state index is 4.12. The first-order valence-corrected chi connectivity index (χ1v) is 7.23. The first-order chi connectivity index (χ1) is 8.84. The Morgan fingerprint density at radius 1 is 1.33 bits per heavy atom. The number of hydrogen-bond acceptors (Lipinski definition) is 3. The quantitative estimate of drug-likeness (QED) is 0.863. The van der Waals surface area contributed by atoms with Crippen LogP contribution in [0.4, 0.5) is 0 Å². The molecule has 1 saturated carbocycles. The predicted molar refractivity (Wildman–Crippen MR) is 73.4 cm³/mol. The third-order valence-corrected chi connectivity index (χ3v) is 4.30. The highest BCUT2D eigenvalue weighted by molar-refractivity contribution is 5.15. The molecule has 1 aromatic rings. The standard InChI is InChI=1S/C15H23N3/c1-12(13-6-9-16-10-7-13)18(15-4-5-15)11-14-3-2-8-17-14/h6-7,9-10,12,14-15,17H,2-5,8,11H2,1H3. The Hall–Kier alpha value is -0.930. The minimum absolute atomic E-state index is 0.517. The molecule has 0 spiro atoms. The fourth-order valence-corrected chi connectivity index (χ4v) is 3.03. The average molecular weight is 245 g/mol. The number of nitrogens with one attached hydrogen (secondary N) is 1. The zero-order valence-corrected chi connectivity index (χ0v) is 11.2. The fourth-order valence-electron chi connectivity index (χ4n) is 3.03. The van der Waals surface area contributed by atoms with Crippen molar-refractivity contribution in [2.75, 3.05) is 13.1 Å². The molecule has 98 valence electrons. The van der Waals surface area contributed by atoms with Gasteiger partial charge in [-0.05, 0) is 56.8 Å². The molecule has 2 unspecified atom stereocenters. The number of rotatable bonds is 5. The second-order valence-electron chi connectivity index (χ2n) is 5.68. The first-order valence-electron chi connectivity index (χ1n) is 7.23. The Morgan fingerprint density at radius 2 is 2.11 bits per heavy atom. The summed E-state index contributed by atoms with van der Waals surface area (Å²) in [7, 11) is 0. The Labute approximate surface area is 110 Å². The van der Waals surface area contributed by atoms with Crippen LogP contribution in [-0.4, -0.2) is 35.1 Å². The molecule has 1 aliphatic carbocycles. The molecule has 0 bridgehead atoms. The van der Waals surface area contributed by atoms with E-state index < -0.39 is 0 Å². The van der Waals surface area contributed by atoms with Crippen LogP contribution in [0.1, 0.15) is 44.2 Å². The zero-order chi connectivity index (χ0) is 12.4. The lowest BCUT2D eigenvalue weighted by Gasteiger charge is -2.31. The summed E-state index contributed by atoms with van der Waals surface area (Å²) < 4.78 is 0. The summed E-state index contributed by atoms with van der Waals surface area (Å²) in [4.78, 5) is 6.81. The van der Waals surface area contributed by atoms with Crippen LogP contribution in [-0.2, 0) is 0 Å². The second kappa shape index (κ2) is 5.37. The Balaban J connectivity index is 1.68. The summed E-state index contributed by atoms with van der Waals surface area (Å²) in [5.41, 5.74) is 1.40. The number of aromatic nitrogens is 1. The molecule has 1 N–H and O–H groups in total. The van der Waals surface area contributed by atoms with Gasteiger partial charge in [-0.25, -0.2) is 0 Å². The molecule has 2 aliphatic rings. The van der Waals surface area contributed by atoms with E-state index in [-0.39, 0.29) is 0 Å². The topological polar surface area (TPSA) is 28.2 Å². The molecule has 2 heterocycles. The van der Waals surface area contributed by atoms with Crippen LogP contribution in [0.25, 0.3) is 0 Å². The van der Waals surface area contributed by atoms with Gasteiger partial charge in [-0.15, -0.1) is 0 Å². The predicted octanol–water partition coefficient (Wildman–Crippen LogP) is 2.36. The van der Waals surface area contributed by atoms with Crippen LogP contribution < -0.4 is 5.32 Å². The molecule has 0 aromatic carbocycles. The highest BCUT2D eigenvalue weighted by Crippen LogP contribution is 2.34. The molecule has 1 aliphatic heterocycles. The van der Waals surface area contributed by atoms with Crippen molar-refractivity contribution >= 4 is 0 Å². The molecule has 3 heteroatoms. The van der Waals surface area contributed by atoms with Gasteiger partial charge < -0.3 is 5.32 Å². The van der Waals surface area contributed by atoms with Crippen molar-refractivity contribution in [2.45, 2.75) is 50.7 Å². The van der Waals surface area contributed by atoms with E-state index in [1.54, 1.807) is 0 Å². The molecule has 1 aromatic heterocycles. The number of nitrogens with zero attached hydrogens (tertiary/aromatic N) is 2. The van der Waals surface area contributed by atoms with Crippen LogP contribution in [0.5, 0.6) is 0 Å². The molecular weight excluding hydrogens is 222 g/mol. The van der Waals surface area contributed by atoms with E-state index >= 15 is 0 Å². The number of hydrogen-bond donors (Lipinski definition) is 1. The lowest BCUT2D eigenvalue weighted by molar-refractivity contribution is 0.182. The highest BCUT2D eigenvalue weighted by atomic mass is 15.2. The van der Waals surface area contributed by atoms with Crippen LogP contribution in [0, 0.1) is 0 Å². The first kappa shape index (κ1) is 12.1. The van der Waals surface area contributed by atoms with E-state index in [4.69, 9.17) is 0 Å². The third-order valence-electron chi connectivity index (χ3n) is 4.30. The summed E-state index contributed by atoms with van der Waals surface area (Å²) in [6.07, 6.45) is 9.25. The van der Waals surface area contributed by atoms with Gasteiger partial charge in [0.1, 0.15) is 0 Å². The molecule has 2 fully saturated rings. The van der Waals surface area contributed by atoms with Crippen molar-refractivity contribution in [3.05, 3.63) is 30.1 Å². The summed E-state index contributed by atoms with van der Waals surface area (Å²) in [6.45, 7) is 4.74. The minimum Gasteiger partial charge on any atom is -0.313 e. The van der Waals surface area contributed by atoms with Crippen molar-refractivity contribution in [2.24, 2.45) is 0 Å². The minimum atomic E-state index is 0.517. The van der Waals surface area contributed by atoms with Crippen molar-refractivity contribution in [3.8, 4) is 0 Å². The van der Waals surface area contributed by atoms with E-state index in [1.165, 1.54) is 44.3 Å². The molecule has 0 radical (unpaired) electrons. The average Bonchev–Trinajstić information content (AvgIpc) is 3.13. The van der Waals surface area contributed by atoms with Crippen molar-refractivity contribution < 1.29 is 0 Å². The van der Waals surface area contributed by atoms with E-state index in [9.17, 15) is 0 Å². The van der Waals surface area contributed by atoms with Crippen molar-refractivity contribution in [1.29, 1.82) is 0 Å². The molecule has 0 amide bonds. The van der Waals surface area contributed by atoms with Gasteiger partial charge in [0, 0.05) is 37.1 Å². The monoisotopic (exact) mass is 245 g/mol. The van der Waals surface area contributed by atoms with Gasteiger partial charge in [0.2, 0.25) is 0 Å². The van der Waals surface area contributed by atoms with Gasteiger partial charge in [-0.3, -0.25) is 9.88 Å². The van der Waals surface area contributed by atoms with E-state index in [2.05, 4.69) is 34.3 Å². The Bertz CT molecular complexity index is 369.